The highest BCUT2D eigenvalue weighted by Gasteiger charge is 2.23. The quantitative estimate of drug-likeness (QED) is 0.670. The number of allylic oxidation sites excluding steroid dienone is 9. The topological polar surface area (TPSA) is 32.3 Å². The molecule has 0 spiro atoms. The van der Waals surface area contributed by atoms with Gasteiger partial charge in [0.2, 0.25) is 0 Å². The van der Waals surface area contributed by atoms with E-state index in [1.54, 1.807) is 12.2 Å². The number of aliphatic hydroxyl groups excluding tert-OH is 1. The largest absolute Gasteiger partial charge is 0.508 e. The molecule has 2 nitrogen and oxygen atoms in total. The van der Waals surface area contributed by atoms with Gasteiger partial charge in [-0.3, -0.25) is 0 Å². The van der Waals surface area contributed by atoms with E-state index in [1.165, 1.54) is 24.0 Å². The maximum Gasteiger partial charge on any atom is 0.118 e. The highest BCUT2D eigenvalue weighted by Crippen LogP contribution is 2.35. The second-order valence-electron chi connectivity index (χ2n) is 6.46. The molecule has 0 aromatic heterocycles. The van der Waals surface area contributed by atoms with Gasteiger partial charge in [-0.05, 0) is 61.3 Å². The summed E-state index contributed by atoms with van der Waals surface area (Å²) in [6.07, 6.45) is 19.2. The zero-order valence-corrected chi connectivity index (χ0v) is 14.9. The van der Waals surface area contributed by atoms with Crippen LogP contribution < -0.4 is 5.32 Å². The summed E-state index contributed by atoms with van der Waals surface area (Å²) in [5.74, 6) is 1.67. The standard InChI is InChI=1S/C14H19N.C8H10O/c1-10-8-12-6-4-5-7-13(12)9-14(10)11(2)15-3;1-2-7-5-3-4-6-8(7)9/h4,6,8-9,12-13,15H,2,5,7H2,1,3H3;2,4,6,9H,1,3,5H2. The van der Waals surface area contributed by atoms with Crippen molar-refractivity contribution in [3.05, 3.63) is 83.9 Å². The van der Waals surface area contributed by atoms with Crippen molar-refractivity contribution >= 4 is 0 Å². The van der Waals surface area contributed by atoms with Crippen molar-refractivity contribution in [3.63, 3.8) is 0 Å². The van der Waals surface area contributed by atoms with Crippen LogP contribution in [-0.2, 0) is 0 Å². The summed E-state index contributed by atoms with van der Waals surface area (Å²) >= 11 is 0. The van der Waals surface area contributed by atoms with Gasteiger partial charge in [-0.15, -0.1) is 0 Å². The molecule has 2 atom stereocenters. The number of aliphatic hydroxyl groups is 1. The molecule has 3 rings (SSSR count). The lowest BCUT2D eigenvalue weighted by Gasteiger charge is -2.29. The monoisotopic (exact) mass is 323 g/mol. The third kappa shape index (κ3) is 4.41. The van der Waals surface area contributed by atoms with E-state index in [1.807, 2.05) is 13.1 Å². The average Bonchev–Trinajstić information content (AvgIpc) is 2.61. The van der Waals surface area contributed by atoms with Gasteiger partial charge in [0.1, 0.15) is 5.76 Å². The lowest BCUT2D eigenvalue weighted by molar-refractivity contribution is 0.422. The van der Waals surface area contributed by atoms with Crippen LogP contribution in [0.5, 0.6) is 0 Å². The fourth-order valence-corrected chi connectivity index (χ4v) is 3.32. The SMILES string of the molecule is C=C(NC)C1=CC2CCC=CC2C=C1C.C=CC1=C(O)C=CCC1. The van der Waals surface area contributed by atoms with Gasteiger partial charge in [0, 0.05) is 18.7 Å². The van der Waals surface area contributed by atoms with E-state index in [0.717, 1.165) is 24.1 Å². The molecule has 0 radical (unpaired) electrons. The van der Waals surface area contributed by atoms with Crippen LogP contribution in [-0.4, -0.2) is 12.2 Å². The molecule has 0 aromatic carbocycles. The number of hydrogen-bond donors (Lipinski definition) is 2. The molecule has 128 valence electrons. The van der Waals surface area contributed by atoms with Gasteiger partial charge >= 0.3 is 0 Å². The molecule has 0 bridgehead atoms. The minimum absolute atomic E-state index is 0.372. The number of hydrogen-bond acceptors (Lipinski definition) is 2. The first kappa shape index (κ1) is 18.1. The van der Waals surface area contributed by atoms with Crippen molar-refractivity contribution in [1.29, 1.82) is 0 Å². The summed E-state index contributed by atoms with van der Waals surface area (Å²) in [5.41, 5.74) is 4.64. The molecule has 0 fully saturated rings. The smallest absolute Gasteiger partial charge is 0.118 e. The fraction of sp³-hybridized carbons (Fsp3) is 0.364. The highest BCUT2D eigenvalue weighted by atomic mass is 16.3. The first-order chi connectivity index (χ1) is 11.6. The first-order valence-corrected chi connectivity index (χ1v) is 8.72. The van der Waals surface area contributed by atoms with Crippen LogP contribution in [0.2, 0.25) is 0 Å². The summed E-state index contributed by atoms with van der Waals surface area (Å²) < 4.78 is 0. The van der Waals surface area contributed by atoms with E-state index in [0.29, 0.717) is 17.6 Å². The van der Waals surface area contributed by atoms with Crippen molar-refractivity contribution in [2.24, 2.45) is 11.8 Å². The normalized spacial score (nSPS) is 24.9. The number of rotatable bonds is 3. The molecule has 2 unspecified atom stereocenters. The minimum Gasteiger partial charge on any atom is -0.508 e. The van der Waals surface area contributed by atoms with Crippen LogP contribution in [0.15, 0.2) is 83.9 Å². The third-order valence-electron chi connectivity index (χ3n) is 4.83. The Bertz CT molecular complexity index is 643. The Morgan fingerprint density at radius 3 is 2.71 bits per heavy atom. The Labute approximate surface area is 146 Å². The Morgan fingerprint density at radius 2 is 2.08 bits per heavy atom. The lowest BCUT2D eigenvalue weighted by Crippen LogP contribution is -2.19. The van der Waals surface area contributed by atoms with E-state index >= 15 is 0 Å². The maximum absolute atomic E-state index is 9.09. The van der Waals surface area contributed by atoms with E-state index in [4.69, 9.17) is 5.11 Å². The molecule has 2 N–H and O–H groups in total. The van der Waals surface area contributed by atoms with Gasteiger partial charge < -0.3 is 10.4 Å². The number of nitrogens with one attached hydrogen (secondary N) is 1. The molecule has 0 saturated carbocycles. The number of likely N-dealkylation sites (N-methyl/N-ethyl adjacent to an activating group) is 1. The van der Waals surface area contributed by atoms with E-state index in [-0.39, 0.29) is 0 Å². The van der Waals surface area contributed by atoms with Gasteiger partial charge in [0.25, 0.3) is 0 Å². The molecule has 3 aliphatic rings. The van der Waals surface area contributed by atoms with Gasteiger partial charge in [-0.1, -0.05) is 49.6 Å². The molecule has 3 aliphatic carbocycles. The third-order valence-corrected chi connectivity index (χ3v) is 4.83. The van der Waals surface area contributed by atoms with Crippen LogP contribution >= 0.6 is 0 Å². The molecule has 0 aliphatic heterocycles. The molecular formula is C22H29NO. The van der Waals surface area contributed by atoms with Crippen LogP contribution in [0.1, 0.15) is 32.6 Å². The van der Waals surface area contributed by atoms with E-state index in [9.17, 15) is 0 Å². The van der Waals surface area contributed by atoms with Crippen LogP contribution in [0, 0.1) is 11.8 Å². The Hall–Kier alpha value is -2.22. The molecule has 2 heteroatoms. The molecular weight excluding hydrogens is 294 g/mol. The van der Waals surface area contributed by atoms with Crippen LogP contribution in [0.25, 0.3) is 0 Å². The summed E-state index contributed by atoms with van der Waals surface area (Å²) in [6.45, 7) is 9.80. The Balaban J connectivity index is 0.000000198. The Morgan fingerprint density at radius 1 is 1.29 bits per heavy atom. The zero-order chi connectivity index (χ0) is 17.5. The average molecular weight is 323 g/mol. The summed E-state index contributed by atoms with van der Waals surface area (Å²) in [7, 11) is 1.93. The lowest BCUT2D eigenvalue weighted by atomic mass is 9.77. The van der Waals surface area contributed by atoms with Crippen molar-refractivity contribution < 1.29 is 5.11 Å². The molecule has 0 heterocycles. The summed E-state index contributed by atoms with van der Waals surface area (Å²) in [4.78, 5) is 0. The fourth-order valence-electron chi connectivity index (χ4n) is 3.32. The van der Waals surface area contributed by atoms with Gasteiger partial charge in [0.15, 0.2) is 0 Å². The van der Waals surface area contributed by atoms with Crippen molar-refractivity contribution in [3.8, 4) is 0 Å². The van der Waals surface area contributed by atoms with Gasteiger partial charge in [-0.25, -0.2) is 0 Å². The molecule has 0 amide bonds. The van der Waals surface area contributed by atoms with Crippen molar-refractivity contribution in [2.75, 3.05) is 7.05 Å². The second kappa shape index (κ2) is 8.58. The predicted octanol–water partition coefficient (Wildman–Crippen LogP) is 5.52. The van der Waals surface area contributed by atoms with E-state index in [2.05, 4.69) is 49.7 Å². The highest BCUT2D eigenvalue weighted by molar-refractivity contribution is 5.47. The van der Waals surface area contributed by atoms with Gasteiger partial charge in [-0.2, -0.15) is 0 Å². The molecule has 0 saturated heterocycles. The predicted molar refractivity (Wildman–Crippen MR) is 104 cm³/mol. The molecule has 24 heavy (non-hydrogen) atoms. The van der Waals surface area contributed by atoms with Crippen LogP contribution in [0.3, 0.4) is 0 Å². The van der Waals surface area contributed by atoms with Gasteiger partial charge in [0.05, 0.1) is 0 Å². The minimum atomic E-state index is 0.372. The first-order valence-electron chi connectivity index (χ1n) is 8.72. The maximum atomic E-state index is 9.09. The number of fused-ring (bicyclic) bond motifs is 1. The van der Waals surface area contributed by atoms with Crippen molar-refractivity contribution in [2.45, 2.75) is 32.6 Å². The summed E-state index contributed by atoms with van der Waals surface area (Å²) in [5, 5.41) is 12.2. The molecule has 0 aromatic rings. The van der Waals surface area contributed by atoms with Crippen molar-refractivity contribution in [1.82, 2.24) is 5.32 Å². The summed E-state index contributed by atoms with van der Waals surface area (Å²) in [6, 6.07) is 0. The van der Waals surface area contributed by atoms with E-state index < -0.39 is 0 Å². The van der Waals surface area contributed by atoms with Crippen LogP contribution in [0.4, 0.5) is 0 Å². The second-order valence-corrected chi connectivity index (χ2v) is 6.46. The Kier molecular flexibility index (Phi) is 6.48. The zero-order valence-electron chi connectivity index (χ0n) is 14.9.